The van der Waals surface area contributed by atoms with E-state index in [1.54, 1.807) is 19.2 Å². The Bertz CT molecular complexity index is 1210. The number of allylic oxidation sites excluding steroid dienone is 1. The number of hydrogen-bond acceptors (Lipinski definition) is 6. The highest BCUT2D eigenvalue weighted by Crippen LogP contribution is 2.20. The van der Waals surface area contributed by atoms with Crippen molar-refractivity contribution in [1.82, 2.24) is 20.9 Å². The number of nitrogens with one attached hydrogen (secondary N) is 4. The van der Waals surface area contributed by atoms with E-state index in [2.05, 4.69) is 20.9 Å². The van der Waals surface area contributed by atoms with Gasteiger partial charge < -0.3 is 30.8 Å². The van der Waals surface area contributed by atoms with E-state index >= 15 is 0 Å². The van der Waals surface area contributed by atoms with Crippen LogP contribution in [-0.2, 0) is 30.3 Å². The van der Waals surface area contributed by atoms with Crippen molar-refractivity contribution >= 4 is 34.6 Å². The first-order chi connectivity index (χ1) is 19.1. The fourth-order valence-corrected chi connectivity index (χ4v) is 4.84. The topological polar surface area (TPSA) is 150 Å². The van der Waals surface area contributed by atoms with Gasteiger partial charge in [0.2, 0.25) is 17.7 Å². The lowest BCUT2D eigenvalue weighted by Gasteiger charge is -2.29. The van der Waals surface area contributed by atoms with Crippen molar-refractivity contribution in [1.29, 1.82) is 0 Å². The molecule has 0 saturated carbocycles. The van der Waals surface area contributed by atoms with Crippen molar-refractivity contribution < 1.29 is 29.0 Å². The molecule has 5 N–H and O–H groups in total. The summed E-state index contributed by atoms with van der Waals surface area (Å²) in [7, 11) is 0. The first-order valence-electron chi connectivity index (χ1n) is 14.1. The van der Waals surface area contributed by atoms with Gasteiger partial charge in [-0.3, -0.25) is 19.2 Å². The van der Waals surface area contributed by atoms with Crippen molar-refractivity contribution in [3.8, 4) is 0 Å². The quantitative estimate of drug-likeness (QED) is 0.262. The molecule has 3 amide bonds. The molecule has 1 saturated heterocycles. The molecule has 1 aromatic heterocycles. The number of hydrogen-bond donors (Lipinski definition) is 5. The largest absolute Gasteiger partial charge is 0.457 e. The van der Waals surface area contributed by atoms with E-state index in [4.69, 9.17) is 4.74 Å². The highest BCUT2D eigenvalue weighted by Gasteiger charge is 2.33. The Kier molecular flexibility index (Phi) is 11.3. The molecule has 1 aliphatic rings. The fourth-order valence-electron chi connectivity index (χ4n) is 4.84. The number of benzene rings is 1. The lowest BCUT2D eigenvalue weighted by Crippen LogP contribution is -2.57. The lowest BCUT2D eigenvalue weighted by atomic mass is 9.95. The predicted octanol–water partition coefficient (Wildman–Crippen LogP) is 2.65. The summed E-state index contributed by atoms with van der Waals surface area (Å²) in [5.74, 6) is -2.35. The molecule has 0 spiro atoms. The number of unbranched alkanes of at least 4 members (excludes halogenated alkanes) is 1. The van der Waals surface area contributed by atoms with E-state index in [1.165, 1.54) is 0 Å². The van der Waals surface area contributed by atoms with Crippen LogP contribution in [0.25, 0.3) is 10.9 Å². The molecule has 5 atom stereocenters. The SMILES string of the molecule is CCC/C=C/[C@@H]1CC(=O)N[C@H](Cc2c[nH]c3ccccc23)C(=O)N[C@H](CC)C(=O)N[C@H](C(C)C)[C@@H](O)CC(=O)O1. The van der Waals surface area contributed by atoms with Crippen molar-refractivity contribution in [2.24, 2.45) is 5.92 Å². The number of carbonyl (C=O) groups is 4. The zero-order valence-corrected chi connectivity index (χ0v) is 23.7. The molecule has 0 bridgehead atoms. The molecule has 10 heteroatoms. The summed E-state index contributed by atoms with van der Waals surface area (Å²) in [6, 6.07) is 5.03. The third-order valence-electron chi connectivity index (χ3n) is 7.08. The van der Waals surface area contributed by atoms with Crippen LogP contribution < -0.4 is 16.0 Å². The van der Waals surface area contributed by atoms with Gasteiger partial charge in [0.15, 0.2) is 0 Å². The van der Waals surface area contributed by atoms with Gasteiger partial charge >= 0.3 is 5.97 Å². The molecular weight excluding hydrogens is 512 g/mol. The van der Waals surface area contributed by atoms with Crippen molar-refractivity contribution in [2.75, 3.05) is 0 Å². The number of para-hydroxylation sites is 1. The molecule has 0 radical (unpaired) electrons. The Labute approximate surface area is 235 Å². The monoisotopic (exact) mass is 554 g/mol. The normalized spacial score (nSPS) is 25.7. The first kappa shape index (κ1) is 30.9. The van der Waals surface area contributed by atoms with Crippen molar-refractivity contribution in [2.45, 2.75) is 96.6 Å². The minimum absolute atomic E-state index is 0.184. The zero-order chi connectivity index (χ0) is 29.2. The summed E-state index contributed by atoms with van der Waals surface area (Å²) in [5, 5.41) is 20.1. The van der Waals surface area contributed by atoms with E-state index in [-0.39, 0.29) is 25.2 Å². The van der Waals surface area contributed by atoms with Crippen LogP contribution in [-0.4, -0.2) is 64.1 Å². The van der Waals surface area contributed by atoms with Gasteiger partial charge in [-0.15, -0.1) is 0 Å². The Morgan fingerprint density at radius 1 is 1.00 bits per heavy atom. The van der Waals surface area contributed by atoms with Crippen molar-refractivity contribution in [3.05, 3.63) is 48.2 Å². The smallest absolute Gasteiger partial charge is 0.309 e. The van der Waals surface area contributed by atoms with Crippen molar-refractivity contribution in [3.63, 3.8) is 0 Å². The molecular formula is C30H42N4O6. The number of aliphatic hydroxyl groups excluding tert-OH is 1. The van der Waals surface area contributed by atoms with Crippen LogP contribution in [0.15, 0.2) is 42.6 Å². The molecule has 218 valence electrons. The number of ether oxygens (including phenoxy) is 1. The Balaban J connectivity index is 1.95. The maximum atomic E-state index is 13.5. The first-order valence-corrected chi connectivity index (χ1v) is 14.1. The molecule has 1 aliphatic heterocycles. The van der Waals surface area contributed by atoms with Crippen LogP contribution in [0.4, 0.5) is 0 Å². The molecule has 1 aromatic carbocycles. The number of aromatic nitrogens is 1. The van der Waals surface area contributed by atoms with Gasteiger partial charge in [0.25, 0.3) is 0 Å². The van der Waals surface area contributed by atoms with E-state index < -0.39 is 54.0 Å². The maximum Gasteiger partial charge on any atom is 0.309 e. The molecule has 0 unspecified atom stereocenters. The second-order valence-electron chi connectivity index (χ2n) is 10.7. The standard InChI is InChI=1S/C30H42N4O6/c1-5-7-8-11-20-15-26(36)32-24(14-19-17-31-23-13-10-9-12-21(19)23)30(39)33-22(6-2)29(38)34-28(18(3)4)25(35)16-27(37)40-20/h8-13,17-18,20,22,24-25,28,31,35H,5-7,14-16H2,1-4H3,(H,32,36)(H,33,39)(H,34,38)/b11-8+/t20-,22-,24-,25+,28-/m1/s1. The number of amides is 3. The molecule has 0 aliphatic carbocycles. The van der Waals surface area contributed by atoms with E-state index in [1.807, 2.05) is 51.1 Å². The molecule has 40 heavy (non-hydrogen) atoms. The lowest BCUT2D eigenvalue weighted by molar-refractivity contribution is -0.151. The van der Waals surface area contributed by atoms with E-state index in [0.717, 1.165) is 29.3 Å². The highest BCUT2D eigenvalue weighted by molar-refractivity contribution is 5.93. The minimum atomic E-state index is -1.21. The summed E-state index contributed by atoms with van der Waals surface area (Å²) >= 11 is 0. The highest BCUT2D eigenvalue weighted by atomic mass is 16.5. The summed E-state index contributed by atoms with van der Waals surface area (Å²) in [6.07, 6.45) is 4.77. The Morgan fingerprint density at radius 3 is 2.42 bits per heavy atom. The minimum Gasteiger partial charge on any atom is -0.457 e. The van der Waals surface area contributed by atoms with Crippen LogP contribution in [0, 0.1) is 5.92 Å². The van der Waals surface area contributed by atoms with Gasteiger partial charge in [-0.05, 0) is 36.5 Å². The number of esters is 1. The number of H-pyrrole nitrogens is 1. The van der Waals surface area contributed by atoms with Crippen LogP contribution in [0.2, 0.25) is 0 Å². The second kappa shape index (κ2) is 14.6. The molecule has 2 heterocycles. The molecule has 2 aromatic rings. The number of aromatic amines is 1. The number of rotatable bonds is 7. The summed E-state index contributed by atoms with van der Waals surface area (Å²) < 4.78 is 5.57. The van der Waals surface area contributed by atoms with Gasteiger partial charge in [-0.25, -0.2) is 0 Å². The van der Waals surface area contributed by atoms with Crippen LogP contribution in [0.3, 0.4) is 0 Å². The Morgan fingerprint density at radius 2 is 1.73 bits per heavy atom. The summed E-state index contributed by atoms with van der Waals surface area (Å²) in [5.41, 5.74) is 1.73. The number of fused-ring (bicyclic) bond motifs is 1. The fraction of sp³-hybridized carbons (Fsp3) is 0.533. The number of aliphatic hydroxyl groups is 1. The van der Waals surface area contributed by atoms with E-state index in [9.17, 15) is 24.3 Å². The van der Waals surface area contributed by atoms with Gasteiger partial charge in [-0.1, -0.05) is 58.4 Å². The molecule has 10 nitrogen and oxygen atoms in total. The van der Waals surface area contributed by atoms with E-state index in [0.29, 0.717) is 6.42 Å². The summed E-state index contributed by atoms with van der Waals surface area (Å²) in [6.45, 7) is 7.41. The van der Waals surface area contributed by atoms with Gasteiger partial charge in [0, 0.05) is 23.5 Å². The maximum absolute atomic E-state index is 13.5. The third-order valence-corrected chi connectivity index (χ3v) is 7.08. The number of cyclic esters (lactones) is 1. The Hall–Kier alpha value is -3.66. The van der Waals surface area contributed by atoms with Crippen LogP contribution >= 0.6 is 0 Å². The second-order valence-corrected chi connectivity index (χ2v) is 10.7. The molecule has 3 rings (SSSR count). The third kappa shape index (κ3) is 8.42. The average molecular weight is 555 g/mol. The zero-order valence-electron chi connectivity index (χ0n) is 23.7. The van der Waals surface area contributed by atoms with Gasteiger partial charge in [0.1, 0.15) is 18.2 Å². The van der Waals surface area contributed by atoms with Crippen LogP contribution in [0.1, 0.15) is 65.4 Å². The van der Waals surface area contributed by atoms with Gasteiger partial charge in [-0.2, -0.15) is 0 Å². The average Bonchev–Trinajstić information content (AvgIpc) is 3.31. The summed E-state index contributed by atoms with van der Waals surface area (Å²) in [4.78, 5) is 55.9. The number of carbonyl (C=O) groups excluding carboxylic acids is 4. The van der Waals surface area contributed by atoms with Crippen LogP contribution in [0.5, 0.6) is 0 Å². The molecule has 1 fully saturated rings. The van der Waals surface area contributed by atoms with Gasteiger partial charge in [0.05, 0.1) is 25.0 Å². The predicted molar refractivity (Wildman–Crippen MR) is 152 cm³/mol.